The van der Waals surface area contributed by atoms with Crippen LogP contribution < -0.4 is 23.5 Å². The van der Waals surface area contributed by atoms with Gasteiger partial charge < -0.3 is 15.1 Å². The minimum absolute atomic E-state index is 0.442. The highest BCUT2D eigenvalue weighted by atomic mass is 35.7. The number of halogens is 1. The molecule has 0 saturated carbocycles. The number of quaternary nitrogens is 1. The summed E-state index contributed by atoms with van der Waals surface area (Å²) in [6.45, 7) is 3.75. The Morgan fingerprint density at radius 1 is 0.783 bits per heavy atom. The van der Waals surface area contributed by atoms with Gasteiger partial charge in [-0.2, -0.15) is 0 Å². The fraction of sp³-hybridized carbons (Fsp3) is 1.00. The highest BCUT2D eigenvalue weighted by Gasteiger charge is 2.06. The predicted molar refractivity (Wildman–Crippen MR) is 76.7 cm³/mol. The van der Waals surface area contributed by atoms with Crippen LogP contribution in [0.5, 0.6) is 0 Å². The minimum atomic E-state index is -4.94. The van der Waals surface area contributed by atoms with Crippen molar-refractivity contribution in [3.8, 4) is 0 Å². The van der Waals surface area contributed by atoms with Gasteiger partial charge in [-0.25, -0.2) is 18.6 Å². The third-order valence-corrected chi connectivity index (χ3v) is 3.49. The van der Waals surface area contributed by atoms with Crippen molar-refractivity contribution in [2.75, 3.05) is 20.1 Å². The Morgan fingerprint density at radius 2 is 1.13 bits per heavy atom. The van der Waals surface area contributed by atoms with Crippen LogP contribution in [0.25, 0.3) is 0 Å². The van der Waals surface area contributed by atoms with E-state index in [1.54, 1.807) is 0 Å². The maximum atomic E-state index is 8.82. The van der Waals surface area contributed by atoms with Crippen LogP contribution in [-0.2, 0) is 0 Å². The van der Waals surface area contributed by atoms with Crippen LogP contribution >= 0.6 is 0 Å². The number of hydrogen-bond acceptors (Lipinski definition) is 6. The minimum Gasteiger partial charge on any atom is -0.364 e. The van der Waals surface area contributed by atoms with E-state index in [1.807, 2.05) is 7.05 Å². The molecule has 0 aliphatic carbocycles. The Morgan fingerprint density at radius 3 is 1.48 bits per heavy atom. The van der Waals surface area contributed by atoms with E-state index in [2.05, 4.69) is 6.92 Å². The zero-order valence-electron chi connectivity index (χ0n) is 14.5. The smallest absolute Gasteiger partial charge is 0.202 e. The van der Waals surface area contributed by atoms with Crippen LogP contribution in [0, 0.1) is 10.2 Å². The molecule has 3 N–H and O–H groups in total. The summed E-state index contributed by atoms with van der Waals surface area (Å²) in [6, 6.07) is 0. The lowest BCUT2D eigenvalue weighted by Gasteiger charge is -2.17. The molecular weight excluding hydrogens is 326 g/mol. The molecule has 1 unspecified atom stereocenters. The molecule has 8 heteroatoms. The molecule has 0 rings (SSSR count). The van der Waals surface area contributed by atoms with Crippen LogP contribution in [0.2, 0.25) is 0 Å². The molecule has 0 aromatic heterocycles. The summed E-state index contributed by atoms with van der Waals surface area (Å²) in [4.78, 5) is 1.21. The monoisotopic (exact) mass is 359 g/mol. The van der Waals surface area contributed by atoms with E-state index in [4.69, 9.17) is 28.8 Å². The summed E-state index contributed by atoms with van der Waals surface area (Å²) in [5.74, 6) is 0. The second-order valence-corrected chi connectivity index (χ2v) is 6.71. The van der Waals surface area contributed by atoms with E-state index >= 15 is 0 Å². The number of rotatable bonds is 13. The summed E-state index contributed by atoms with van der Waals surface area (Å²) in [7, 11) is -2.92. The average Bonchev–Trinajstić information content (AvgIpc) is 2.38. The first-order chi connectivity index (χ1) is 10.7. The van der Waals surface area contributed by atoms with Crippen molar-refractivity contribution in [3.63, 3.8) is 0 Å². The maximum Gasteiger partial charge on any atom is 0.202 e. The molecule has 0 bridgehead atoms. The Balaban J connectivity index is 0. The maximum absolute atomic E-state index is 8.82. The Kier molecular flexibility index (Phi) is 18.5. The van der Waals surface area contributed by atoms with Crippen molar-refractivity contribution in [2.45, 2.75) is 77.4 Å². The molecule has 0 spiro atoms. The first-order valence-corrected chi connectivity index (χ1v) is 9.69. The number of likely N-dealkylation sites (N-methyl/N-ethyl adjacent to an activating group) is 1. The largest absolute Gasteiger partial charge is 0.364 e. The van der Waals surface area contributed by atoms with Gasteiger partial charge in [0.1, 0.15) is 6.54 Å². The second-order valence-electron chi connectivity index (χ2n) is 5.95. The molecule has 0 aromatic rings. The number of aliphatic hydroxyl groups is 2. The summed E-state index contributed by atoms with van der Waals surface area (Å²) in [5, 5.41) is 17.6. The van der Waals surface area contributed by atoms with Gasteiger partial charge in [0.25, 0.3) is 0 Å². The van der Waals surface area contributed by atoms with Crippen LogP contribution in [0.3, 0.4) is 0 Å². The van der Waals surface area contributed by atoms with Gasteiger partial charge in [-0.3, -0.25) is 0 Å². The van der Waals surface area contributed by atoms with E-state index in [9.17, 15) is 0 Å². The molecule has 23 heavy (non-hydrogen) atoms. The highest BCUT2D eigenvalue weighted by molar-refractivity contribution is 4.47. The molecule has 1 atom stereocenters. The van der Waals surface area contributed by atoms with Crippen molar-refractivity contribution >= 4 is 0 Å². The molecular formula is C15H34ClNO6. The summed E-state index contributed by atoms with van der Waals surface area (Å²) >= 11 is 0. The molecule has 0 radical (unpaired) electrons. The van der Waals surface area contributed by atoms with Crippen molar-refractivity contribution in [2.24, 2.45) is 0 Å². The molecule has 0 heterocycles. The van der Waals surface area contributed by atoms with Gasteiger partial charge in [0, 0.05) is 0 Å². The van der Waals surface area contributed by atoms with E-state index in [0.29, 0.717) is 6.54 Å². The van der Waals surface area contributed by atoms with Gasteiger partial charge in [0.2, 0.25) is 6.29 Å². The number of hydrogen-bond donors (Lipinski definition) is 3. The van der Waals surface area contributed by atoms with E-state index in [0.717, 1.165) is 6.54 Å². The van der Waals surface area contributed by atoms with Gasteiger partial charge in [0.15, 0.2) is 0 Å². The fourth-order valence-corrected chi connectivity index (χ4v) is 2.33. The quantitative estimate of drug-likeness (QED) is 0.236. The Labute approximate surface area is 142 Å². The molecule has 0 aliphatic heterocycles. The van der Waals surface area contributed by atoms with Crippen molar-refractivity contribution in [1.29, 1.82) is 0 Å². The third-order valence-electron chi connectivity index (χ3n) is 3.49. The lowest BCUT2D eigenvalue weighted by atomic mass is 10.1. The molecule has 142 valence electrons. The van der Waals surface area contributed by atoms with E-state index < -0.39 is 16.5 Å². The Bertz CT molecular complexity index is 232. The lowest BCUT2D eigenvalue weighted by molar-refractivity contribution is -2.00. The molecule has 0 saturated heterocycles. The molecule has 0 aliphatic rings. The summed E-state index contributed by atoms with van der Waals surface area (Å²) in [5.41, 5.74) is 0. The standard InChI is InChI=1S/C15H33NO2.ClHO4/c1-3-4-5-6-7-8-9-10-11-12-13-16(2)14-15(17)18;2-1(3,4)5/h15,17-18H,3-14H2,1-2H3;(H,2,3,4,5). The van der Waals surface area contributed by atoms with Crippen molar-refractivity contribution in [3.05, 3.63) is 0 Å². The summed E-state index contributed by atoms with van der Waals surface area (Å²) in [6.07, 6.45) is 12.4. The van der Waals surface area contributed by atoms with Crippen LogP contribution in [0.1, 0.15) is 71.1 Å². The van der Waals surface area contributed by atoms with Crippen molar-refractivity contribution in [1.82, 2.24) is 0 Å². The number of unbranched alkanes of at least 4 members (excludes halogenated alkanes) is 9. The average molecular weight is 360 g/mol. The zero-order valence-corrected chi connectivity index (χ0v) is 15.2. The summed E-state index contributed by atoms with van der Waals surface area (Å²) < 4.78 is 34.0. The van der Waals surface area contributed by atoms with Crippen LogP contribution in [0.15, 0.2) is 0 Å². The van der Waals surface area contributed by atoms with Crippen molar-refractivity contribution < 1.29 is 44.0 Å². The highest BCUT2D eigenvalue weighted by Crippen LogP contribution is 2.09. The van der Waals surface area contributed by atoms with Crippen LogP contribution in [-0.4, -0.2) is 36.6 Å². The predicted octanol–water partition coefficient (Wildman–Crippen LogP) is -3.02. The Hall–Kier alpha value is 0.01000. The SMILES string of the molecule is CCCCCCCCCCCC[NH+](C)CC(O)O.[O-][Cl+3]([O-])([O-])[O-]. The molecule has 0 fully saturated rings. The third kappa shape index (κ3) is 34.4. The first-order valence-electron chi connectivity index (χ1n) is 8.46. The lowest BCUT2D eigenvalue weighted by Crippen LogP contribution is -3.10. The molecule has 0 aromatic carbocycles. The molecule has 0 amide bonds. The van der Waals surface area contributed by atoms with Gasteiger partial charge in [-0.15, -0.1) is 10.2 Å². The number of nitrogens with one attached hydrogen (secondary N) is 1. The van der Waals surface area contributed by atoms with Gasteiger partial charge in [0.05, 0.1) is 13.6 Å². The zero-order chi connectivity index (χ0) is 18.1. The number of aliphatic hydroxyl groups excluding tert-OH is 1. The van der Waals surface area contributed by atoms with E-state index in [1.165, 1.54) is 69.1 Å². The van der Waals surface area contributed by atoms with Gasteiger partial charge in [-0.05, 0) is 12.8 Å². The topological polar surface area (TPSA) is 137 Å². The van der Waals surface area contributed by atoms with E-state index in [-0.39, 0.29) is 0 Å². The molecule has 7 nitrogen and oxygen atoms in total. The van der Waals surface area contributed by atoms with Gasteiger partial charge in [-0.1, -0.05) is 58.3 Å². The van der Waals surface area contributed by atoms with Gasteiger partial charge >= 0.3 is 0 Å². The normalized spacial score (nSPS) is 12.9. The first kappa shape index (κ1) is 25.3. The second kappa shape index (κ2) is 16.9. The fourth-order valence-electron chi connectivity index (χ4n) is 2.33. The van der Waals surface area contributed by atoms with Crippen LogP contribution in [0.4, 0.5) is 0 Å².